The third-order valence-corrected chi connectivity index (χ3v) is 1.78. The van der Waals surface area contributed by atoms with Gasteiger partial charge in [0.25, 0.3) is 0 Å². The molecule has 0 amide bonds. The van der Waals surface area contributed by atoms with Gasteiger partial charge in [0.2, 0.25) is 0 Å². The van der Waals surface area contributed by atoms with E-state index in [0.29, 0.717) is 0 Å². The molecule has 0 aliphatic heterocycles. The molecule has 0 saturated carbocycles. The van der Waals surface area contributed by atoms with E-state index in [9.17, 15) is 0 Å². The number of hydrogen-bond acceptors (Lipinski definition) is 0. The van der Waals surface area contributed by atoms with Gasteiger partial charge in [0.1, 0.15) is 0 Å². The second kappa shape index (κ2) is 15.7. The fraction of sp³-hybridized carbons (Fsp3) is 0.0588. The predicted molar refractivity (Wildman–Crippen MR) is 79.0 cm³/mol. The Kier molecular flexibility index (Phi) is 14.5. The molecular formula is C17H19Ta. The molecule has 0 unspecified atom stereocenters. The molecule has 2 aliphatic rings. The van der Waals surface area contributed by atoms with E-state index in [0.717, 1.165) is 0 Å². The summed E-state index contributed by atoms with van der Waals surface area (Å²) in [6.07, 6.45) is 32.0. The van der Waals surface area contributed by atoms with Crippen LogP contribution in [0.3, 0.4) is 0 Å². The molecule has 0 bridgehead atoms. The van der Waals surface area contributed by atoms with Crippen LogP contribution in [0.4, 0.5) is 0 Å². The van der Waals surface area contributed by atoms with Crippen molar-refractivity contribution in [3.63, 3.8) is 0 Å². The molecule has 18 heavy (non-hydrogen) atoms. The van der Waals surface area contributed by atoms with Crippen molar-refractivity contribution in [1.82, 2.24) is 0 Å². The Morgan fingerprint density at radius 1 is 0.278 bits per heavy atom. The second-order valence-electron chi connectivity index (χ2n) is 3.08. The Morgan fingerprint density at radius 2 is 0.333 bits per heavy atom. The zero-order valence-corrected chi connectivity index (χ0v) is 13.9. The standard InChI is InChI=1S/2C8H8.CH3.Ta/c2*1-2-4-6-8-7-5-3-1;;/h2*1-8H;1H3;/b2*2-1-,3-1?,4-2?,5-3-,6-4-,7-5?,8-6?,8-7-;;. The van der Waals surface area contributed by atoms with Crippen LogP contribution in [-0.2, 0) is 21.1 Å². The molecule has 92 valence electrons. The molecular weight excluding hydrogens is 385 g/mol. The summed E-state index contributed by atoms with van der Waals surface area (Å²) < 4.78 is 0. The average Bonchev–Trinajstić information content (AvgIpc) is 2.30. The van der Waals surface area contributed by atoms with E-state index >= 15 is 0 Å². The Hall–Kier alpha value is -1.34. The van der Waals surface area contributed by atoms with E-state index in [-0.39, 0.29) is 0 Å². The zero-order chi connectivity index (χ0) is 13.3. The summed E-state index contributed by atoms with van der Waals surface area (Å²) in [6.45, 7) is 0. The Balaban J connectivity index is 0.000000283. The molecule has 2 rings (SSSR count). The minimum absolute atomic E-state index is 1.44. The molecule has 0 nitrogen and oxygen atoms in total. The molecule has 0 saturated heterocycles. The quantitative estimate of drug-likeness (QED) is 0.531. The molecule has 0 aromatic carbocycles. The first kappa shape index (κ1) is 16.7. The summed E-state index contributed by atoms with van der Waals surface area (Å²) in [5.74, 6) is 0. The van der Waals surface area contributed by atoms with E-state index < -0.39 is 0 Å². The van der Waals surface area contributed by atoms with Gasteiger partial charge in [-0.2, -0.15) is 0 Å². The summed E-state index contributed by atoms with van der Waals surface area (Å²) in [5.41, 5.74) is 0. The van der Waals surface area contributed by atoms with Gasteiger partial charge >= 0.3 is 26.2 Å². The minimum atomic E-state index is 1.44. The van der Waals surface area contributed by atoms with Crippen molar-refractivity contribution in [3.8, 4) is 0 Å². The summed E-state index contributed by atoms with van der Waals surface area (Å²) in [4.78, 5) is 0. The summed E-state index contributed by atoms with van der Waals surface area (Å²) in [6, 6.07) is 0. The van der Waals surface area contributed by atoms with Crippen LogP contribution < -0.4 is 0 Å². The molecule has 0 spiro atoms. The van der Waals surface area contributed by atoms with E-state index in [1.54, 1.807) is 0 Å². The van der Waals surface area contributed by atoms with Crippen molar-refractivity contribution >= 4 is 0 Å². The van der Waals surface area contributed by atoms with Gasteiger partial charge in [-0.05, 0) is 0 Å². The maximum absolute atomic E-state index is 2.11. The summed E-state index contributed by atoms with van der Waals surface area (Å²) in [5, 5.41) is 2.11. The van der Waals surface area contributed by atoms with Gasteiger partial charge in [0.05, 0.1) is 0 Å². The molecule has 0 fully saturated rings. The van der Waals surface area contributed by atoms with Crippen LogP contribution in [0.15, 0.2) is 97.2 Å². The number of allylic oxidation sites excluding steroid dienone is 16. The van der Waals surface area contributed by atoms with Crippen molar-refractivity contribution in [2.75, 3.05) is 0 Å². The molecule has 0 N–H and O–H groups in total. The van der Waals surface area contributed by atoms with Gasteiger partial charge < -0.3 is 0 Å². The van der Waals surface area contributed by atoms with Crippen LogP contribution in [-0.4, -0.2) is 0 Å². The van der Waals surface area contributed by atoms with Crippen molar-refractivity contribution in [2.24, 2.45) is 0 Å². The van der Waals surface area contributed by atoms with Crippen LogP contribution in [0, 0.1) is 0 Å². The Bertz CT molecular complexity index is 247. The van der Waals surface area contributed by atoms with Crippen LogP contribution >= 0.6 is 0 Å². The van der Waals surface area contributed by atoms with Crippen LogP contribution in [0.2, 0.25) is 5.14 Å². The molecule has 2 aliphatic carbocycles. The van der Waals surface area contributed by atoms with Gasteiger partial charge in [-0.1, -0.05) is 97.2 Å². The van der Waals surface area contributed by atoms with Gasteiger partial charge in [0.15, 0.2) is 0 Å². The normalized spacial score (nSPS) is 28.7. The molecule has 0 radical (unpaired) electrons. The van der Waals surface area contributed by atoms with Crippen LogP contribution in [0.25, 0.3) is 0 Å². The number of rotatable bonds is 0. The van der Waals surface area contributed by atoms with E-state index in [2.05, 4.69) is 5.14 Å². The van der Waals surface area contributed by atoms with Crippen molar-refractivity contribution in [1.29, 1.82) is 0 Å². The molecule has 0 heterocycles. The average molecular weight is 404 g/mol. The van der Waals surface area contributed by atoms with Crippen molar-refractivity contribution in [3.05, 3.63) is 97.2 Å². The fourth-order valence-electron chi connectivity index (χ4n) is 1.03. The van der Waals surface area contributed by atoms with Gasteiger partial charge in [0, 0.05) is 0 Å². The Labute approximate surface area is 123 Å². The molecule has 0 aromatic rings. The zero-order valence-electron chi connectivity index (χ0n) is 10.7. The van der Waals surface area contributed by atoms with Gasteiger partial charge in [-0.25, -0.2) is 0 Å². The number of hydrogen-bond donors (Lipinski definition) is 0. The van der Waals surface area contributed by atoms with Crippen molar-refractivity contribution < 1.29 is 21.1 Å². The first-order valence-electron chi connectivity index (χ1n) is 5.78. The predicted octanol–water partition coefficient (Wildman–Crippen LogP) is 5.03. The summed E-state index contributed by atoms with van der Waals surface area (Å²) >= 11 is 1.44. The summed E-state index contributed by atoms with van der Waals surface area (Å²) in [7, 11) is 0. The molecule has 1 heteroatoms. The third-order valence-electron chi connectivity index (χ3n) is 1.78. The molecule has 0 atom stereocenters. The van der Waals surface area contributed by atoms with Gasteiger partial charge in [-0.3, -0.25) is 0 Å². The van der Waals surface area contributed by atoms with Crippen LogP contribution in [0.5, 0.6) is 0 Å². The maximum atomic E-state index is 2.11. The van der Waals surface area contributed by atoms with Crippen molar-refractivity contribution in [2.45, 2.75) is 5.14 Å². The first-order chi connectivity index (χ1) is 9.00. The Morgan fingerprint density at radius 3 is 0.389 bits per heavy atom. The second-order valence-corrected chi connectivity index (χ2v) is 3.08. The van der Waals surface area contributed by atoms with E-state index in [1.807, 2.05) is 97.2 Å². The van der Waals surface area contributed by atoms with Gasteiger partial charge in [-0.15, -0.1) is 0 Å². The first-order valence-corrected chi connectivity index (χ1v) is 8.99. The SMILES string of the molecule is C1=C\C=C/C=C\C=C/1.C1=C\C=C/C=C\C=C/1.[CH3][Ta]. The van der Waals surface area contributed by atoms with Crippen LogP contribution in [0.1, 0.15) is 0 Å². The van der Waals surface area contributed by atoms with E-state index in [1.165, 1.54) is 21.1 Å². The fourth-order valence-corrected chi connectivity index (χ4v) is 1.03. The topological polar surface area (TPSA) is 0 Å². The third kappa shape index (κ3) is 12.7. The van der Waals surface area contributed by atoms with E-state index in [4.69, 9.17) is 0 Å². The molecule has 0 aromatic heterocycles. The monoisotopic (exact) mass is 404 g/mol.